The Balaban J connectivity index is 1.80. The van der Waals surface area contributed by atoms with Crippen LogP contribution in [0.3, 0.4) is 0 Å². The van der Waals surface area contributed by atoms with Crippen molar-refractivity contribution in [1.82, 2.24) is 20.8 Å². The Hall–Kier alpha value is -2.16. The first kappa shape index (κ1) is 14.3. The number of ether oxygens (including phenoxy) is 1. The van der Waals surface area contributed by atoms with E-state index < -0.39 is 17.4 Å². The molecule has 0 aromatic carbocycles. The number of carboxylic acid groups (broad SMARTS) is 1. The summed E-state index contributed by atoms with van der Waals surface area (Å²) in [5, 5.41) is 17.9. The number of rotatable bonds is 5. The fourth-order valence-electron chi connectivity index (χ4n) is 1.97. The minimum Gasteiger partial charge on any atom is -0.481 e. The summed E-state index contributed by atoms with van der Waals surface area (Å²) < 4.78 is 9.68. The Morgan fingerprint density at radius 1 is 1.35 bits per heavy atom. The van der Waals surface area contributed by atoms with Crippen LogP contribution in [0.4, 0.5) is 4.79 Å². The van der Waals surface area contributed by atoms with Crippen LogP contribution in [0.25, 0.3) is 0 Å². The first-order valence-corrected chi connectivity index (χ1v) is 6.20. The van der Waals surface area contributed by atoms with E-state index in [0.29, 0.717) is 31.9 Å². The molecule has 0 bridgehead atoms. The van der Waals surface area contributed by atoms with Crippen molar-refractivity contribution in [3.05, 3.63) is 12.2 Å². The molecule has 1 fully saturated rings. The number of carbonyl (C=O) groups excluding carboxylic acids is 1. The third-order valence-corrected chi connectivity index (χ3v) is 3.30. The third kappa shape index (κ3) is 3.44. The summed E-state index contributed by atoms with van der Waals surface area (Å²) in [6.45, 7) is 0.951. The zero-order valence-electron chi connectivity index (χ0n) is 10.8. The quantitative estimate of drug-likeness (QED) is 0.680. The summed E-state index contributed by atoms with van der Waals surface area (Å²) in [6, 6.07) is -0.470. The van der Waals surface area contributed by atoms with Gasteiger partial charge >= 0.3 is 12.0 Å². The molecule has 0 saturated carbocycles. The van der Waals surface area contributed by atoms with Gasteiger partial charge in [0.05, 0.1) is 12.0 Å². The van der Waals surface area contributed by atoms with E-state index in [2.05, 4.69) is 25.3 Å². The predicted octanol–water partition coefficient (Wildman–Crippen LogP) is -0.250. The molecule has 0 aliphatic carbocycles. The lowest BCUT2D eigenvalue weighted by Crippen LogP contribution is -2.48. The van der Waals surface area contributed by atoms with Gasteiger partial charge in [-0.15, -0.1) is 0 Å². The van der Waals surface area contributed by atoms with E-state index in [-0.39, 0.29) is 13.1 Å². The van der Waals surface area contributed by atoms with Crippen molar-refractivity contribution in [3.63, 3.8) is 0 Å². The van der Waals surface area contributed by atoms with Gasteiger partial charge in [-0.05, 0) is 12.8 Å². The van der Waals surface area contributed by atoms with Gasteiger partial charge in [0.25, 0.3) is 0 Å². The molecule has 0 spiro atoms. The molecule has 9 heteroatoms. The summed E-state index contributed by atoms with van der Waals surface area (Å²) in [5.74, 6) is -0.571. The molecule has 9 nitrogen and oxygen atoms in total. The summed E-state index contributed by atoms with van der Waals surface area (Å²) >= 11 is 0. The highest BCUT2D eigenvalue weighted by Crippen LogP contribution is 2.29. The maximum atomic E-state index is 11.6. The van der Waals surface area contributed by atoms with Gasteiger partial charge in [0, 0.05) is 19.8 Å². The Kier molecular flexibility index (Phi) is 4.51. The number of hydrogen-bond acceptors (Lipinski definition) is 6. The number of hydrogen-bond donors (Lipinski definition) is 3. The van der Waals surface area contributed by atoms with Gasteiger partial charge < -0.3 is 25.0 Å². The minimum atomic E-state index is -0.957. The van der Waals surface area contributed by atoms with Gasteiger partial charge in [-0.25, -0.2) is 4.79 Å². The third-order valence-electron chi connectivity index (χ3n) is 3.30. The average molecular weight is 284 g/mol. The molecule has 2 rings (SSSR count). The first-order chi connectivity index (χ1) is 9.62. The number of aromatic nitrogens is 2. The number of carboxylic acids is 1. The zero-order valence-corrected chi connectivity index (χ0v) is 10.8. The standard InChI is InChI=1S/C11H16N4O5/c16-9(17)11(1-3-19-4-2-11)6-13-10(18)12-5-8-14-7-20-15-8/h7H,1-6H2,(H,16,17)(H2,12,13,18). The molecule has 2 heterocycles. The van der Waals surface area contributed by atoms with Gasteiger partial charge in [-0.1, -0.05) is 5.16 Å². The molecule has 110 valence electrons. The number of aliphatic carboxylic acids is 1. The van der Waals surface area contributed by atoms with Crippen LogP contribution in [0.2, 0.25) is 0 Å². The van der Waals surface area contributed by atoms with Gasteiger partial charge in [-0.2, -0.15) is 4.98 Å². The summed E-state index contributed by atoms with van der Waals surface area (Å²) in [7, 11) is 0. The van der Waals surface area contributed by atoms with Crippen LogP contribution >= 0.6 is 0 Å². The SMILES string of the molecule is O=C(NCc1ncon1)NCC1(C(=O)O)CCOCC1. The number of urea groups is 1. The number of amides is 2. The van der Waals surface area contributed by atoms with E-state index >= 15 is 0 Å². The monoisotopic (exact) mass is 284 g/mol. The van der Waals surface area contributed by atoms with E-state index in [0.717, 1.165) is 6.39 Å². The molecule has 3 N–H and O–H groups in total. The minimum absolute atomic E-state index is 0.0593. The molecule has 0 unspecified atom stereocenters. The van der Waals surface area contributed by atoms with Crippen LogP contribution in [-0.2, 0) is 16.1 Å². The van der Waals surface area contributed by atoms with E-state index in [1.54, 1.807) is 0 Å². The fraction of sp³-hybridized carbons (Fsp3) is 0.636. The normalized spacial score (nSPS) is 17.4. The number of nitrogens with zero attached hydrogens (tertiary/aromatic N) is 2. The summed E-state index contributed by atoms with van der Waals surface area (Å²) in [6.07, 6.45) is 1.93. The Morgan fingerprint density at radius 2 is 2.10 bits per heavy atom. The highest BCUT2D eigenvalue weighted by Gasteiger charge is 2.40. The first-order valence-electron chi connectivity index (χ1n) is 6.20. The van der Waals surface area contributed by atoms with Crippen LogP contribution in [0.5, 0.6) is 0 Å². The molecule has 1 aromatic heterocycles. The van der Waals surface area contributed by atoms with Crippen LogP contribution in [0.1, 0.15) is 18.7 Å². The second-order valence-electron chi connectivity index (χ2n) is 4.58. The second kappa shape index (κ2) is 6.33. The maximum Gasteiger partial charge on any atom is 0.315 e. The highest BCUT2D eigenvalue weighted by atomic mass is 16.5. The summed E-state index contributed by atoms with van der Waals surface area (Å²) in [5.41, 5.74) is -0.957. The predicted molar refractivity (Wildman–Crippen MR) is 64.7 cm³/mol. The van der Waals surface area contributed by atoms with Crippen LogP contribution in [0.15, 0.2) is 10.9 Å². The lowest BCUT2D eigenvalue weighted by atomic mass is 9.80. The molecular weight excluding hydrogens is 268 g/mol. The highest BCUT2D eigenvalue weighted by molar-refractivity contribution is 5.78. The lowest BCUT2D eigenvalue weighted by Gasteiger charge is -2.33. The van der Waals surface area contributed by atoms with Crippen LogP contribution in [0, 0.1) is 5.41 Å². The lowest BCUT2D eigenvalue weighted by molar-refractivity contribution is -0.154. The topological polar surface area (TPSA) is 127 Å². The molecule has 20 heavy (non-hydrogen) atoms. The molecule has 0 radical (unpaired) electrons. The van der Waals surface area contributed by atoms with Crippen molar-refractivity contribution in [1.29, 1.82) is 0 Å². The smallest absolute Gasteiger partial charge is 0.315 e. The fourth-order valence-corrected chi connectivity index (χ4v) is 1.97. The van der Waals surface area contributed by atoms with Gasteiger partial charge in [0.1, 0.15) is 0 Å². The van der Waals surface area contributed by atoms with Crippen molar-refractivity contribution in [2.75, 3.05) is 19.8 Å². The zero-order chi connectivity index (χ0) is 14.4. The Labute approximate surface area is 114 Å². The van der Waals surface area contributed by atoms with Gasteiger partial charge in [0.2, 0.25) is 6.39 Å². The van der Waals surface area contributed by atoms with Crippen molar-refractivity contribution in [2.45, 2.75) is 19.4 Å². The van der Waals surface area contributed by atoms with Crippen LogP contribution in [-0.4, -0.2) is 47.0 Å². The van der Waals surface area contributed by atoms with E-state index in [1.807, 2.05) is 0 Å². The molecule has 0 atom stereocenters. The van der Waals surface area contributed by atoms with Crippen molar-refractivity contribution in [2.24, 2.45) is 5.41 Å². The number of nitrogens with one attached hydrogen (secondary N) is 2. The van der Waals surface area contributed by atoms with E-state index in [9.17, 15) is 14.7 Å². The summed E-state index contributed by atoms with van der Waals surface area (Å²) in [4.78, 5) is 26.7. The second-order valence-corrected chi connectivity index (χ2v) is 4.58. The molecule has 1 aromatic rings. The van der Waals surface area contributed by atoms with Crippen molar-refractivity contribution < 1.29 is 24.0 Å². The van der Waals surface area contributed by atoms with Crippen molar-refractivity contribution >= 4 is 12.0 Å². The van der Waals surface area contributed by atoms with Gasteiger partial charge in [0.15, 0.2) is 5.82 Å². The van der Waals surface area contributed by atoms with E-state index in [4.69, 9.17) is 4.74 Å². The number of carbonyl (C=O) groups is 2. The van der Waals surface area contributed by atoms with Crippen LogP contribution < -0.4 is 10.6 Å². The van der Waals surface area contributed by atoms with E-state index in [1.165, 1.54) is 0 Å². The molecule has 1 saturated heterocycles. The van der Waals surface area contributed by atoms with Gasteiger partial charge in [-0.3, -0.25) is 4.79 Å². The largest absolute Gasteiger partial charge is 0.481 e. The Morgan fingerprint density at radius 3 is 2.70 bits per heavy atom. The van der Waals surface area contributed by atoms with Crippen molar-refractivity contribution in [3.8, 4) is 0 Å². The Bertz CT molecular complexity index is 455. The average Bonchev–Trinajstić information content (AvgIpc) is 2.97. The molecule has 1 aliphatic rings. The molecule has 2 amide bonds. The molecule has 1 aliphatic heterocycles. The maximum absolute atomic E-state index is 11.6. The molecular formula is C11H16N4O5.